The van der Waals surface area contributed by atoms with Crippen molar-refractivity contribution < 1.29 is 19.1 Å². The first-order valence-electron chi connectivity index (χ1n) is 11.0. The zero-order valence-electron chi connectivity index (χ0n) is 19.0. The van der Waals surface area contributed by atoms with Gasteiger partial charge in [0, 0.05) is 39.8 Å². The number of hydrogen-bond acceptors (Lipinski definition) is 6. The van der Waals surface area contributed by atoms with Gasteiger partial charge in [0.25, 0.3) is 5.91 Å². The maximum Gasteiger partial charge on any atom is 0.337 e. The molecule has 8 heteroatoms. The van der Waals surface area contributed by atoms with E-state index in [9.17, 15) is 14.4 Å². The summed E-state index contributed by atoms with van der Waals surface area (Å²) in [6.45, 7) is 5.23. The van der Waals surface area contributed by atoms with E-state index in [2.05, 4.69) is 35.1 Å². The van der Waals surface area contributed by atoms with Crippen LogP contribution in [0.1, 0.15) is 25.8 Å². The first-order chi connectivity index (χ1) is 15.9. The van der Waals surface area contributed by atoms with Crippen molar-refractivity contribution in [2.45, 2.75) is 20.3 Å². The van der Waals surface area contributed by atoms with Crippen LogP contribution in [0, 0.1) is 11.8 Å². The maximum absolute atomic E-state index is 12.7. The normalized spacial score (nSPS) is 20.8. The van der Waals surface area contributed by atoms with Gasteiger partial charge in [-0.15, -0.1) is 0 Å². The van der Waals surface area contributed by atoms with Gasteiger partial charge in [-0.2, -0.15) is 0 Å². The Morgan fingerprint density at radius 2 is 2.03 bits per heavy atom. The summed E-state index contributed by atoms with van der Waals surface area (Å²) in [5.41, 5.74) is 4.98. The number of anilines is 2. The highest BCUT2D eigenvalue weighted by molar-refractivity contribution is 6.03. The largest absolute Gasteiger partial charge is 0.465 e. The van der Waals surface area contributed by atoms with Gasteiger partial charge in [-0.25, -0.2) is 4.79 Å². The highest BCUT2D eigenvalue weighted by Gasteiger charge is 2.37. The Balaban J connectivity index is 1.48. The molecule has 2 aliphatic heterocycles. The molecule has 3 aliphatic rings. The number of rotatable bonds is 6. The average Bonchev–Trinajstić information content (AvgIpc) is 3.12. The molecule has 0 bridgehead atoms. The van der Waals surface area contributed by atoms with E-state index in [1.54, 1.807) is 12.2 Å². The number of esters is 1. The lowest BCUT2D eigenvalue weighted by atomic mass is 9.88. The molecule has 4 N–H and O–H groups in total. The number of carbonyl (C=O) groups excluding carboxylic acids is 3. The lowest BCUT2D eigenvalue weighted by Crippen LogP contribution is -2.30. The molecule has 0 aromatic heterocycles. The summed E-state index contributed by atoms with van der Waals surface area (Å²) in [5.74, 6) is -0.353. The Morgan fingerprint density at radius 1 is 1.21 bits per heavy atom. The molecule has 1 aromatic carbocycles. The Bertz CT molecular complexity index is 1130. The molecule has 172 valence electrons. The summed E-state index contributed by atoms with van der Waals surface area (Å²) < 4.78 is 4.78. The molecule has 1 unspecified atom stereocenters. The number of methoxy groups -OCH3 is 1. The molecule has 33 heavy (non-hydrogen) atoms. The van der Waals surface area contributed by atoms with E-state index in [1.165, 1.54) is 7.11 Å². The second kappa shape index (κ2) is 9.46. The number of allylic oxidation sites excluding steroid dienone is 3. The van der Waals surface area contributed by atoms with E-state index < -0.39 is 5.97 Å². The number of nitrogens with one attached hydrogen (secondary N) is 4. The van der Waals surface area contributed by atoms with Gasteiger partial charge in [0.1, 0.15) is 0 Å². The van der Waals surface area contributed by atoms with E-state index in [4.69, 9.17) is 4.74 Å². The third-order valence-electron chi connectivity index (χ3n) is 5.69. The molecular weight excluding hydrogens is 420 g/mol. The Kier molecular flexibility index (Phi) is 6.46. The molecule has 2 heterocycles. The van der Waals surface area contributed by atoms with Crippen molar-refractivity contribution in [1.82, 2.24) is 10.6 Å². The Hall–Kier alpha value is -3.65. The SMILES string of the molecule is COC(=O)C1=CCC2C(=C1)NC(=O)/C2=C1/C=Cc2cc(NC(=O)CNCC(C)C)ccc2N1. The van der Waals surface area contributed by atoms with Gasteiger partial charge in [0.15, 0.2) is 0 Å². The molecule has 0 saturated carbocycles. The number of carbonyl (C=O) groups is 3. The highest BCUT2D eigenvalue weighted by atomic mass is 16.5. The van der Waals surface area contributed by atoms with Crippen LogP contribution in [0.3, 0.4) is 0 Å². The number of benzene rings is 1. The van der Waals surface area contributed by atoms with Crippen LogP contribution >= 0.6 is 0 Å². The summed E-state index contributed by atoms with van der Waals surface area (Å²) in [5, 5.41) is 12.3. The summed E-state index contributed by atoms with van der Waals surface area (Å²) in [4.78, 5) is 36.7. The fourth-order valence-electron chi connectivity index (χ4n) is 4.11. The number of ether oxygens (including phenoxy) is 1. The molecule has 2 amide bonds. The summed E-state index contributed by atoms with van der Waals surface area (Å²) in [6, 6.07) is 5.61. The fourth-order valence-corrected chi connectivity index (χ4v) is 4.11. The Morgan fingerprint density at radius 3 is 2.79 bits per heavy atom. The molecule has 1 aliphatic carbocycles. The van der Waals surface area contributed by atoms with E-state index in [0.29, 0.717) is 34.9 Å². The van der Waals surface area contributed by atoms with Crippen LogP contribution in [0.25, 0.3) is 6.08 Å². The zero-order valence-corrected chi connectivity index (χ0v) is 19.0. The molecule has 0 spiro atoms. The van der Waals surface area contributed by atoms with Gasteiger partial charge in [-0.05, 0) is 49.2 Å². The van der Waals surface area contributed by atoms with Crippen molar-refractivity contribution in [2.75, 3.05) is 30.8 Å². The molecule has 1 saturated heterocycles. The fraction of sp³-hybridized carbons (Fsp3) is 0.320. The van der Waals surface area contributed by atoms with Crippen LogP contribution in [0.15, 0.2) is 59.0 Å². The van der Waals surface area contributed by atoms with Crippen molar-refractivity contribution in [2.24, 2.45) is 11.8 Å². The highest BCUT2D eigenvalue weighted by Crippen LogP contribution is 2.38. The minimum atomic E-state index is -0.417. The molecule has 1 atom stereocenters. The first kappa shape index (κ1) is 22.5. The molecule has 4 rings (SSSR count). The van der Waals surface area contributed by atoms with Gasteiger partial charge in [-0.3, -0.25) is 9.59 Å². The third kappa shape index (κ3) is 4.90. The number of hydrogen-bond donors (Lipinski definition) is 4. The van der Waals surface area contributed by atoms with Crippen molar-refractivity contribution in [3.05, 3.63) is 64.5 Å². The van der Waals surface area contributed by atoms with Crippen LogP contribution in [-0.4, -0.2) is 38.0 Å². The van der Waals surface area contributed by atoms with E-state index in [0.717, 1.165) is 23.5 Å². The summed E-state index contributed by atoms with van der Waals surface area (Å²) in [7, 11) is 1.34. The van der Waals surface area contributed by atoms with Crippen molar-refractivity contribution >= 4 is 35.2 Å². The van der Waals surface area contributed by atoms with Crippen molar-refractivity contribution in [1.29, 1.82) is 0 Å². The van der Waals surface area contributed by atoms with Crippen molar-refractivity contribution in [3.8, 4) is 0 Å². The van der Waals surface area contributed by atoms with Gasteiger partial charge < -0.3 is 26.0 Å². The van der Waals surface area contributed by atoms with Gasteiger partial charge >= 0.3 is 5.97 Å². The van der Waals surface area contributed by atoms with Crippen LogP contribution in [-0.2, 0) is 19.1 Å². The number of fused-ring (bicyclic) bond motifs is 2. The second-order valence-corrected chi connectivity index (χ2v) is 8.65. The van der Waals surface area contributed by atoms with E-state index in [-0.39, 0.29) is 24.3 Å². The van der Waals surface area contributed by atoms with Crippen molar-refractivity contribution in [3.63, 3.8) is 0 Å². The molecule has 8 nitrogen and oxygen atoms in total. The molecule has 1 aromatic rings. The summed E-state index contributed by atoms with van der Waals surface area (Å²) >= 11 is 0. The maximum atomic E-state index is 12.7. The molecule has 0 radical (unpaired) electrons. The van der Waals surface area contributed by atoms with Gasteiger partial charge in [0.2, 0.25) is 5.91 Å². The third-order valence-corrected chi connectivity index (χ3v) is 5.69. The number of amides is 2. The van der Waals surface area contributed by atoms with Gasteiger partial charge in [0.05, 0.1) is 19.2 Å². The average molecular weight is 449 g/mol. The molecule has 1 fully saturated rings. The standard InChI is InChI=1S/C25H28N4O4/c1-14(2)12-26-13-22(30)27-17-6-9-19-15(10-17)5-8-20(28-19)23-18-7-4-16(25(32)33-3)11-21(18)29-24(23)31/h4-6,8-11,14,18,26,28H,7,12-13H2,1-3H3,(H,27,30)(H,29,31)/b23-20-. The van der Waals surface area contributed by atoms with E-state index in [1.807, 2.05) is 30.4 Å². The predicted octanol–water partition coefficient (Wildman–Crippen LogP) is 2.70. The first-order valence-corrected chi connectivity index (χ1v) is 11.0. The van der Waals surface area contributed by atoms with Crippen LogP contribution in [0.5, 0.6) is 0 Å². The lowest BCUT2D eigenvalue weighted by Gasteiger charge is -2.21. The minimum Gasteiger partial charge on any atom is -0.465 e. The second-order valence-electron chi connectivity index (χ2n) is 8.65. The quantitative estimate of drug-likeness (QED) is 0.394. The van der Waals surface area contributed by atoms with E-state index >= 15 is 0 Å². The van der Waals surface area contributed by atoms with Crippen LogP contribution < -0.4 is 21.3 Å². The topological polar surface area (TPSA) is 109 Å². The zero-order chi connectivity index (χ0) is 23.5. The van der Waals surface area contributed by atoms with Crippen LogP contribution in [0.2, 0.25) is 0 Å². The monoisotopic (exact) mass is 448 g/mol. The smallest absolute Gasteiger partial charge is 0.337 e. The van der Waals surface area contributed by atoms with Gasteiger partial charge in [-0.1, -0.05) is 26.0 Å². The predicted molar refractivity (Wildman–Crippen MR) is 127 cm³/mol. The van der Waals surface area contributed by atoms with Crippen LogP contribution in [0.4, 0.5) is 11.4 Å². The Labute approximate surface area is 192 Å². The summed E-state index contributed by atoms with van der Waals surface area (Å²) in [6.07, 6.45) is 7.80. The minimum absolute atomic E-state index is 0.0928. The molecular formula is C25H28N4O4. The lowest BCUT2D eigenvalue weighted by molar-refractivity contribution is -0.135.